The molecule has 1 atom stereocenters. The van der Waals surface area contributed by atoms with E-state index in [1.165, 1.54) is 31.2 Å². The molecular formula is C33H28N4O6. The maximum absolute atomic E-state index is 13.0. The average Bonchev–Trinajstić information content (AvgIpc) is 3.04. The Labute approximate surface area is 247 Å². The lowest BCUT2D eigenvalue weighted by Crippen LogP contribution is -2.30. The molecule has 0 saturated heterocycles. The average molecular weight is 577 g/mol. The van der Waals surface area contributed by atoms with Crippen molar-refractivity contribution in [1.29, 1.82) is 0 Å². The van der Waals surface area contributed by atoms with Gasteiger partial charge in [-0.15, -0.1) is 0 Å². The first-order valence-corrected chi connectivity index (χ1v) is 13.3. The first-order valence-electron chi connectivity index (χ1n) is 13.3. The second-order valence-corrected chi connectivity index (χ2v) is 9.56. The highest BCUT2D eigenvalue weighted by atomic mass is 16.5. The molecule has 0 bridgehead atoms. The summed E-state index contributed by atoms with van der Waals surface area (Å²) in [6.45, 7) is 1.47. The standard InChI is InChI=1S/C33H28N4O6/c1-19(32(39)35-24-11-4-22(5-12-24)31(34)38)43-33(40)23-10-17-27-28(18-23)37-30(21-8-15-26(42-3)16-9-21)29(36-27)20-6-13-25(41-2)14-7-20/h4-19H,1-3H3,(H2,34,38)(H,35,39). The van der Waals surface area contributed by atoms with Crippen LogP contribution in [0.25, 0.3) is 33.5 Å². The van der Waals surface area contributed by atoms with Gasteiger partial charge in [0.15, 0.2) is 6.10 Å². The van der Waals surface area contributed by atoms with Crippen LogP contribution >= 0.6 is 0 Å². The van der Waals surface area contributed by atoms with Crippen LogP contribution < -0.4 is 20.5 Å². The summed E-state index contributed by atoms with van der Waals surface area (Å²) in [5, 5.41) is 2.65. The fourth-order valence-corrected chi connectivity index (χ4v) is 4.33. The summed E-state index contributed by atoms with van der Waals surface area (Å²) in [5.74, 6) is -0.384. The summed E-state index contributed by atoms with van der Waals surface area (Å²) in [4.78, 5) is 46.7. The Bertz CT molecular complexity index is 1800. The van der Waals surface area contributed by atoms with E-state index in [1.54, 1.807) is 32.4 Å². The molecule has 0 aliphatic rings. The lowest BCUT2D eigenvalue weighted by Gasteiger charge is -2.14. The van der Waals surface area contributed by atoms with Crippen LogP contribution in [0.3, 0.4) is 0 Å². The van der Waals surface area contributed by atoms with Crippen LogP contribution in [0.1, 0.15) is 27.6 Å². The van der Waals surface area contributed by atoms with Crippen LogP contribution in [0, 0.1) is 0 Å². The molecule has 0 fully saturated rings. The zero-order chi connectivity index (χ0) is 30.5. The minimum Gasteiger partial charge on any atom is -0.497 e. The summed E-state index contributed by atoms with van der Waals surface area (Å²) in [5.41, 5.74) is 10.2. The Morgan fingerprint density at radius 1 is 0.698 bits per heavy atom. The van der Waals surface area contributed by atoms with E-state index in [9.17, 15) is 14.4 Å². The summed E-state index contributed by atoms with van der Waals surface area (Å²) < 4.78 is 16.0. The van der Waals surface area contributed by atoms with Crippen molar-refractivity contribution in [3.05, 3.63) is 102 Å². The number of nitrogens with one attached hydrogen (secondary N) is 1. The van der Waals surface area contributed by atoms with Crippen molar-refractivity contribution in [3.63, 3.8) is 0 Å². The number of nitrogens with two attached hydrogens (primary N) is 1. The van der Waals surface area contributed by atoms with Crippen LogP contribution in [0.2, 0.25) is 0 Å². The molecule has 3 N–H and O–H groups in total. The van der Waals surface area contributed by atoms with Gasteiger partial charge in [-0.3, -0.25) is 9.59 Å². The number of ether oxygens (including phenoxy) is 3. The number of primary amides is 1. The molecule has 43 heavy (non-hydrogen) atoms. The first-order chi connectivity index (χ1) is 20.7. The summed E-state index contributed by atoms with van der Waals surface area (Å²) >= 11 is 0. The Morgan fingerprint density at radius 3 is 1.72 bits per heavy atom. The van der Waals surface area contributed by atoms with E-state index in [4.69, 9.17) is 29.9 Å². The molecule has 10 heteroatoms. The van der Waals surface area contributed by atoms with Gasteiger partial charge in [0.1, 0.15) is 11.5 Å². The lowest BCUT2D eigenvalue weighted by atomic mass is 10.0. The molecule has 4 aromatic carbocycles. The van der Waals surface area contributed by atoms with E-state index >= 15 is 0 Å². The molecule has 0 aliphatic carbocycles. The van der Waals surface area contributed by atoms with Crippen molar-refractivity contribution in [3.8, 4) is 34.0 Å². The maximum atomic E-state index is 13.0. The molecule has 0 aliphatic heterocycles. The zero-order valence-electron chi connectivity index (χ0n) is 23.7. The number of fused-ring (bicyclic) bond motifs is 1. The molecule has 10 nitrogen and oxygen atoms in total. The Kier molecular flexibility index (Phi) is 8.29. The fourth-order valence-electron chi connectivity index (χ4n) is 4.33. The number of hydrogen-bond donors (Lipinski definition) is 2. The highest BCUT2D eigenvalue weighted by molar-refractivity contribution is 5.99. The van der Waals surface area contributed by atoms with Gasteiger partial charge in [-0.25, -0.2) is 14.8 Å². The number of esters is 1. The fraction of sp³-hybridized carbons (Fsp3) is 0.121. The summed E-state index contributed by atoms with van der Waals surface area (Å²) in [7, 11) is 3.20. The van der Waals surface area contributed by atoms with E-state index < -0.39 is 23.9 Å². The third-order valence-electron chi connectivity index (χ3n) is 6.72. The van der Waals surface area contributed by atoms with Gasteiger partial charge in [-0.05, 0) is 97.9 Å². The topological polar surface area (TPSA) is 143 Å². The van der Waals surface area contributed by atoms with Crippen LogP contribution in [0.5, 0.6) is 11.5 Å². The number of nitrogens with zero attached hydrogens (tertiary/aromatic N) is 2. The summed E-state index contributed by atoms with van der Waals surface area (Å²) in [6.07, 6.45) is -1.10. The van der Waals surface area contributed by atoms with Gasteiger partial charge in [0.2, 0.25) is 5.91 Å². The van der Waals surface area contributed by atoms with Gasteiger partial charge in [0.25, 0.3) is 5.91 Å². The van der Waals surface area contributed by atoms with E-state index in [1.807, 2.05) is 48.5 Å². The van der Waals surface area contributed by atoms with Gasteiger partial charge >= 0.3 is 5.97 Å². The Morgan fingerprint density at radius 2 is 1.21 bits per heavy atom. The quantitative estimate of drug-likeness (QED) is 0.226. The molecule has 5 rings (SSSR count). The van der Waals surface area contributed by atoms with E-state index in [2.05, 4.69) is 5.32 Å². The van der Waals surface area contributed by atoms with Crippen molar-refractivity contribution in [1.82, 2.24) is 9.97 Å². The van der Waals surface area contributed by atoms with Crippen molar-refractivity contribution in [2.45, 2.75) is 13.0 Å². The largest absolute Gasteiger partial charge is 0.497 e. The normalized spacial score (nSPS) is 11.4. The monoisotopic (exact) mass is 576 g/mol. The van der Waals surface area contributed by atoms with Crippen molar-refractivity contribution in [2.75, 3.05) is 19.5 Å². The number of rotatable bonds is 9. The minimum atomic E-state index is -1.10. The highest BCUT2D eigenvalue weighted by Crippen LogP contribution is 2.33. The van der Waals surface area contributed by atoms with Crippen LogP contribution in [0.15, 0.2) is 91.0 Å². The number of benzene rings is 4. The van der Waals surface area contributed by atoms with Crippen LogP contribution in [-0.4, -0.2) is 48.1 Å². The van der Waals surface area contributed by atoms with Crippen LogP contribution in [-0.2, 0) is 9.53 Å². The summed E-state index contributed by atoms with van der Waals surface area (Å²) in [6, 6.07) is 25.9. The van der Waals surface area contributed by atoms with Gasteiger partial charge in [-0.1, -0.05) is 0 Å². The number of hydrogen-bond acceptors (Lipinski definition) is 8. The number of amides is 2. The predicted molar refractivity (Wildman–Crippen MR) is 162 cm³/mol. The molecule has 1 heterocycles. The minimum absolute atomic E-state index is 0.213. The van der Waals surface area contributed by atoms with E-state index in [-0.39, 0.29) is 5.56 Å². The first kappa shape index (κ1) is 28.7. The van der Waals surface area contributed by atoms with E-state index in [0.29, 0.717) is 39.4 Å². The maximum Gasteiger partial charge on any atom is 0.338 e. The smallest absolute Gasteiger partial charge is 0.338 e. The second-order valence-electron chi connectivity index (χ2n) is 9.56. The Hall–Kier alpha value is -5.77. The van der Waals surface area contributed by atoms with Gasteiger partial charge in [0.05, 0.1) is 42.2 Å². The highest BCUT2D eigenvalue weighted by Gasteiger charge is 2.21. The van der Waals surface area contributed by atoms with Crippen molar-refractivity contribution >= 4 is 34.5 Å². The number of anilines is 1. The van der Waals surface area contributed by atoms with Gasteiger partial charge < -0.3 is 25.3 Å². The third kappa shape index (κ3) is 6.43. The number of carbonyl (C=O) groups excluding carboxylic acids is 3. The molecule has 1 unspecified atom stereocenters. The van der Waals surface area contributed by atoms with Gasteiger partial charge in [0, 0.05) is 22.4 Å². The number of methoxy groups -OCH3 is 2. The molecule has 0 saturated carbocycles. The molecule has 1 aromatic heterocycles. The van der Waals surface area contributed by atoms with Gasteiger partial charge in [-0.2, -0.15) is 0 Å². The van der Waals surface area contributed by atoms with Crippen molar-refractivity contribution in [2.24, 2.45) is 5.73 Å². The van der Waals surface area contributed by atoms with E-state index in [0.717, 1.165) is 16.9 Å². The molecule has 0 radical (unpaired) electrons. The third-order valence-corrected chi connectivity index (χ3v) is 6.72. The SMILES string of the molecule is COc1ccc(-c2nc3ccc(C(=O)OC(C)C(=O)Nc4ccc(C(N)=O)cc4)cc3nc2-c2ccc(OC)cc2)cc1. The molecular weight excluding hydrogens is 548 g/mol. The van der Waals surface area contributed by atoms with Crippen LogP contribution in [0.4, 0.5) is 5.69 Å². The zero-order valence-corrected chi connectivity index (χ0v) is 23.7. The number of aromatic nitrogens is 2. The molecule has 2 amide bonds. The molecule has 5 aromatic rings. The second kappa shape index (κ2) is 12.4. The molecule has 0 spiro atoms. The number of carbonyl (C=O) groups is 3. The van der Waals surface area contributed by atoms with Crippen molar-refractivity contribution < 1.29 is 28.6 Å². The molecule has 216 valence electrons. The Balaban J connectivity index is 1.42. The lowest BCUT2D eigenvalue weighted by molar-refractivity contribution is -0.123. The predicted octanol–water partition coefficient (Wildman–Crippen LogP) is 5.26.